The highest BCUT2D eigenvalue weighted by atomic mass is 16.5. The molecule has 0 bridgehead atoms. The van der Waals surface area contributed by atoms with Crippen LogP contribution < -0.4 is 4.74 Å². The highest BCUT2D eigenvalue weighted by molar-refractivity contribution is 6.25. The zero-order valence-corrected chi connectivity index (χ0v) is 10.4. The summed E-state index contributed by atoms with van der Waals surface area (Å²) in [4.78, 5) is 21.2. The lowest BCUT2D eigenvalue weighted by molar-refractivity contribution is -0.129. The molecule has 0 unspecified atom stereocenters. The number of aldehydes is 1. The van der Waals surface area contributed by atoms with E-state index in [0.717, 1.165) is 16.9 Å². The molecule has 0 aliphatic rings. The minimum absolute atomic E-state index is 0.141. The van der Waals surface area contributed by atoms with Crippen molar-refractivity contribution in [3.8, 4) is 5.75 Å². The van der Waals surface area contributed by atoms with Crippen molar-refractivity contribution in [2.75, 3.05) is 0 Å². The van der Waals surface area contributed by atoms with Crippen LogP contribution in [0.2, 0.25) is 0 Å². The Labute approximate surface area is 111 Å². The van der Waals surface area contributed by atoms with Gasteiger partial charge in [-0.2, -0.15) is 0 Å². The minimum atomic E-state index is -0.419. The highest BCUT2D eigenvalue weighted by Gasteiger charge is 2.02. The molecule has 0 saturated heterocycles. The van der Waals surface area contributed by atoms with Gasteiger partial charge in [-0.15, -0.1) is 0 Å². The SMILES string of the molecule is O=CC(=O)Cc1ccc(OCc2ccccc2)cc1. The summed E-state index contributed by atoms with van der Waals surface area (Å²) in [6.45, 7) is 0.507. The van der Waals surface area contributed by atoms with Gasteiger partial charge >= 0.3 is 0 Å². The number of hydrogen-bond acceptors (Lipinski definition) is 3. The number of hydrogen-bond donors (Lipinski definition) is 0. The van der Waals surface area contributed by atoms with E-state index in [-0.39, 0.29) is 6.42 Å². The van der Waals surface area contributed by atoms with E-state index in [1.807, 2.05) is 30.3 Å². The van der Waals surface area contributed by atoms with Crippen molar-refractivity contribution < 1.29 is 14.3 Å². The third-order valence-electron chi connectivity index (χ3n) is 2.68. The third-order valence-corrected chi connectivity index (χ3v) is 2.68. The number of benzene rings is 2. The molecule has 0 spiro atoms. The van der Waals surface area contributed by atoms with Gasteiger partial charge in [0.2, 0.25) is 0 Å². The Bertz CT molecular complexity index is 544. The standard InChI is InChI=1S/C16H14O3/c17-11-15(18)10-13-6-8-16(9-7-13)19-12-14-4-2-1-3-5-14/h1-9,11H,10,12H2. The molecule has 19 heavy (non-hydrogen) atoms. The molecular formula is C16H14O3. The second-order valence-electron chi connectivity index (χ2n) is 4.18. The molecule has 0 atom stereocenters. The predicted molar refractivity (Wildman–Crippen MR) is 72.0 cm³/mol. The molecule has 3 nitrogen and oxygen atoms in total. The largest absolute Gasteiger partial charge is 0.489 e. The number of ketones is 1. The van der Waals surface area contributed by atoms with Crippen molar-refractivity contribution in [1.82, 2.24) is 0 Å². The number of rotatable bonds is 6. The summed E-state index contributed by atoms with van der Waals surface area (Å²) in [5.41, 5.74) is 1.91. The Morgan fingerprint density at radius 3 is 2.26 bits per heavy atom. The monoisotopic (exact) mass is 254 g/mol. The minimum Gasteiger partial charge on any atom is -0.489 e. The smallest absolute Gasteiger partial charge is 0.199 e. The van der Waals surface area contributed by atoms with Gasteiger partial charge in [0.05, 0.1) is 0 Å². The first-order chi connectivity index (χ1) is 9.28. The van der Waals surface area contributed by atoms with Crippen LogP contribution in [0.4, 0.5) is 0 Å². The van der Waals surface area contributed by atoms with Crippen LogP contribution >= 0.6 is 0 Å². The Morgan fingerprint density at radius 1 is 0.947 bits per heavy atom. The fraction of sp³-hybridized carbons (Fsp3) is 0.125. The molecule has 0 saturated carbocycles. The van der Waals surface area contributed by atoms with E-state index in [4.69, 9.17) is 4.74 Å². The lowest BCUT2D eigenvalue weighted by Gasteiger charge is -2.06. The van der Waals surface area contributed by atoms with E-state index in [2.05, 4.69) is 0 Å². The Morgan fingerprint density at radius 2 is 1.63 bits per heavy atom. The lowest BCUT2D eigenvalue weighted by atomic mass is 10.1. The van der Waals surface area contributed by atoms with E-state index < -0.39 is 5.78 Å². The van der Waals surface area contributed by atoms with Crippen LogP contribution in [0.1, 0.15) is 11.1 Å². The van der Waals surface area contributed by atoms with Crippen LogP contribution in [-0.2, 0) is 22.6 Å². The van der Waals surface area contributed by atoms with Gasteiger partial charge in [0.25, 0.3) is 0 Å². The molecule has 0 fully saturated rings. The topological polar surface area (TPSA) is 43.4 Å². The second kappa shape index (κ2) is 6.50. The van der Waals surface area contributed by atoms with Gasteiger partial charge < -0.3 is 4.74 Å². The van der Waals surface area contributed by atoms with Crippen molar-refractivity contribution in [3.05, 3.63) is 65.7 Å². The molecule has 3 heteroatoms. The average molecular weight is 254 g/mol. The normalized spacial score (nSPS) is 9.89. The number of carbonyl (C=O) groups excluding carboxylic acids is 2. The van der Waals surface area contributed by atoms with Gasteiger partial charge in [0.1, 0.15) is 12.4 Å². The van der Waals surface area contributed by atoms with E-state index >= 15 is 0 Å². The predicted octanol–water partition coefficient (Wildman–Crippen LogP) is 2.58. The first-order valence-corrected chi connectivity index (χ1v) is 6.01. The molecule has 2 aromatic rings. The molecule has 0 aliphatic heterocycles. The molecule has 0 heterocycles. The van der Waals surface area contributed by atoms with Gasteiger partial charge in [-0.3, -0.25) is 9.59 Å². The van der Waals surface area contributed by atoms with Crippen molar-refractivity contribution in [2.45, 2.75) is 13.0 Å². The Kier molecular flexibility index (Phi) is 4.45. The summed E-state index contributed by atoms with van der Waals surface area (Å²) in [5, 5.41) is 0. The lowest BCUT2D eigenvalue weighted by Crippen LogP contribution is -2.03. The maximum Gasteiger partial charge on any atom is 0.199 e. The van der Waals surface area contributed by atoms with Crippen LogP contribution in [0.5, 0.6) is 5.75 Å². The fourth-order valence-corrected chi connectivity index (χ4v) is 1.69. The molecular weight excluding hydrogens is 240 g/mol. The quantitative estimate of drug-likeness (QED) is 0.588. The van der Waals surface area contributed by atoms with Crippen molar-refractivity contribution in [3.63, 3.8) is 0 Å². The number of ether oxygens (including phenoxy) is 1. The van der Waals surface area contributed by atoms with Crippen LogP contribution in [0.15, 0.2) is 54.6 Å². The van der Waals surface area contributed by atoms with Crippen LogP contribution in [0, 0.1) is 0 Å². The first kappa shape index (κ1) is 13.0. The number of Topliss-reactive ketones (excluding diaryl/α,β-unsaturated/α-hetero) is 1. The molecule has 2 rings (SSSR count). The average Bonchev–Trinajstić information content (AvgIpc) is 2.47. The summed E-state index contributed by atoms with van der Waals surface area (Å²) in [7, 11) is 0. The van der Waals surface area contributed by atoms with Crippen LogP contribution in [0.25, 0.3) is 0 Å². The van der Waals surface area contributed by atoms with Crippen LogP contribution in [0.3, 0.4) is 0 Å². The molecule has 0 N–H and O–H groups in total. The van der Waals surface area contributed by atoms with E-state index in [9.17, 15) is 9.59 Å². The van der Waals surface area contributed by atoms with Gasteiger partial charge in [0.15, 0.2) is 12.1 Å². The molecule has 96 valence electrons. The molecule has 0 amide bonds. The van der Waals surface area contributed by atoms with Crippen molar-refractivity contribution >= 4 is 12.1 Å². The van der Waals surface area contributed by atoms with E-state index in [1.165, 1.54) is 0 Å². The third kappa shape index (κ3) is 4.07. The van der Waals surface area contributed by atoms with Crippen molar-refractivity contribution in [2.24, 2.45) is 0 Å². The van der Waals surface area contributed by atoms with E-state index in [0.29, 0.717) is 12.9 Å². The van der Waals surface area contributed by atoms with Crippen molar-refractivity contribution in [1.29, 1.82) is 0 Å². The summed E-state index contributed by atoms with van der Waals surface area (Å²) in [5.74, 6) is 0.323. The van der Waals surface area contributed by atoms with Gasteiger partial charge in [0, 0.05) is 6.42 Å². The maximum absolute atomic E-state index is 11.0. The van der Waals surface area contributed by atoms with Gasteiger partial charge in [-0.05, 0) is 23.3 Å². The molecule has 0 radical (unpaired) electrons. The second-order valence-corrected chi connectivity index (χ2v) is 4.18. The Hall–Kier alpha value is -2.42. The zero-order chi connectivity index (χ0) is 13.5. The van der Waals surface area contributed by atoms with E-state index in [1.54, 1.807) is 24.3 Å². The Balaban J connectivity index is 1.92. The van der Waals surface area contributed by atoms with Crippen LogP contribution in [-0.4, -0.2) is 12.1 Å². The summed E-state index contributed by atoms with van der Waals surface area (Å²) < 4.78 is 5.62. The molecule has 0 aromatic heterocycles. The molecule has 0 aliphatic carbocycles. The fourth-order valence-electron chi connectivity index (χ4n) is 1.69. The first-order valence-electron chi connectivity index (χ1n) is 6.01. The maximum atomic E-state index is 11.0. The number of carbonyl (C=O) groups is 2. The zero-order valence-electron chi connectivity index (χ0n) is 10.4. The molecule has 2 aromatic carbocycles. The van der Waals surface area contributed by atoms with Gasteiger partial charge in [-0.1, -0.05) is 42.5 Å². The van der Waals surface area contributed by atoms with Gasteiger partial charge in [-0.25, -0.2) is 0 Å². The summed E-state index contributed by atoms with van der Waals surface area (Å²) >= 11 is 0. The summed E-state index contributed by atoms with van der Waals surface area (Å²) in [6.07, 6.45) is 0.488. The highest BCUT2D eigenvalue weighted by Crippen LogP contribution is 2.14. The summed E-state index contributed by atoms with van der Waals surface area (Å²) in [6, 6.07) is 17.1.